The summed E-state index contributed by atoms with van der Waals surface area (Å²) < 4.78 is 5.70. The maximum Gasteiger partial charge on any atom is 0.261 e. The molecule has 2 amide bonds. The molecule has 34 heavy (non-hydrogen) atoms. The lowest BCUT2D eigenvalue weighted by Gasteiger charge is -2.31. The molecule has 0 aliphatic carbocycles. The lowest BCUT2D eigenvalue weighted by atomic mass is 10.0. The SMILES string of the molecule is CCNC(=O)C(Cc1ccccc1)N(Cc1ccc(Cl)cc1Cl)C(=O)COc1cccc(Cl)c1. The fraction of sp³-hybridized carbons (Fsp3) is 0.231. The highest BCUT2D eigenvalue weighted by Crippen LogP contribution is 2.24. The largest absolute Gasteiger partial charge is 0.484 e. The molecule has 5 nitrogen and oxygen atoms in total. The normalized spacial score (nSPS) is 11.5. The van der Waals surface area contributed by atoms with E-state index in [0.717, 1.165) is 5.56 Å². The first kappa shape index (κ1) is 25.9. The smallest absolute Gasteiger partial charge is 0.261 e. The molecule has 1 atom stereocenters. The Balaban J connectivity index is 1.92. The number of carbonyl (C=O) groups excluding carboxylic acids is 2. The third kappa shape index (κ3) is 7.39. The molecule has 1 unspecified atom stereocenters. The van der Waals surface area contributed by atoms with Gasteiger partial charge in [-0.1, -0.05) is 77.3 Å². The molecule has 3 aromatic carbocycles. The van der Waals surface area contributed by atoms with Crippen molar-refractivity contribution in [2.24, 2.45) is 0 Å². The number of nitrogens with one attached hydrogen (secondary N) is 1. The number of hydrogen-bond acceptors (Lipinski definition) is 3. The van der Waals surface area contributed by atoms with Gasteiger partial charge in [-0.05, 0) is 48.4 Å². The summed E-state index contributed by atoms with van der Waals surface area (Å²) in [4.78, 5) is 28.1. The van der Waals surface area contributed by atoms with Gasteiger partial charge in [-0.3, -0.25) is 9.59 Å². The molecule has 0 fully saturated rings. The van der Waals surface area contributed by atoms with Crippen molar-refractivity contribution in [2.75, 3.05) is 13.2 Å². The molecule has 0 saturated carbocycles. The number of rotatable bonds is 10. The van der Waals surface area contributed by atoms with Crippen molar-refractivity contribution in [3.8, 4) is 5.75 Å². The molecule has 0 radical (unpaired) electrons. The summed E-state index contributed by atoms with van der Waals surface area (Å²) >= 11 is 18.5. The fourth-order valence-corrected chi connectivity index (χ4v) is 4.11. The van der Waals surface area contributed by atoms with Gasteiger partial charge >= 0.3 is 0 Å². The first-order valence-electron chi connectivity index (χ1n) is 10.8. The topological polar surface area (TPSA) is 58.6 Å². The minimum atomic E-state index is -0.774. The van der Waals surface area contributed by atoms with Crippen LogP contribution in [0.2, 0.25) is 15.1 Å². The summed E-state index contributed by atoms with van der Waals surface area (Å²) in [5.74, 6) is -0.159. The Hall–Kier alpha value is -2.73. The molecular formula is C26H25Cl3N2O3. The highest BCUT2D eigenvalue weighted by atomic mass is 35.5. The Morgan fingerprint density at radius 3 is 2.35 bits per heavy atom. The second-order valence-electron chi connectivity index (χ2n) is 7.60. The lowest BCUT2D eigenvalue weighted by molar-refractivity contribution is -0.142. The van der Waals surface area contributed by atoms with Crippen LogP contribution >= 0.6 is 34.8 Å². The molecule has 0 saturated heterocycles. The standard InChI is InChI=1S/C26H25Cl3N2O3/c1-2-30-26(33)24(13-18-7-4-3-5-8-18)31(16-19-11-12-21(28)15-23(19)29)25(32)17-34-22-10-6-9-20(27)14-22/h3-12,14-15,24H,2,13,16-17H2,1H3,(H,30,33). The third-order valence-corrected chi connectivity index (χ3v) is 5.96. The number of benzene rings is 3. The number of halogens is 3. The summed E-state index contributed by atoms with van der Waals surface area (Å²) in [6.45, 7) is 2.12. The number of hydrogen-bond donors (Lipinski definition) is 1. The van der Waals surface area contributed by atoms with Crippen LogP contribution in [0.1, 0.15) is 18.1 Å². The van der Waals surface area contributed by atoms with E-state index in [0.29, 0.717) is 39.3 Å². The molecule has 3 rings (SSSR count). The maximum absolute atomic E-state index is 13.4. The molecule has 3 aromatic rings. The Bertz CT molecular complexity index is 1130. The van der Waals surface area contributed by atoms with Crippen molar-refractivity contribution in [3.05, 3.63) is 99.0 Å². The monoisotopic (exact) mass is 518 g/mol. The van der Waals surface area contributed by atoms with Crippen LogP contribution in [0.25, 0.3) is 0 Å². The minimum absolute atomic E-state index is 0.113. The average molecular weight is 520 g/mol. The van der Waals surface area contributed by atoms with Crippen molar-refractivity contribution in [1.82, 2.24) is 10.2 Å². The molecular weight excluding hydrogens is 495 g/mol. The zero-order chi connectivity index (χ0) is 24.5. The number of amides is 2. The van der Waals surface area contributed by atoms with Gasteiger partial charge < -0.3 is 15.0 Å². The van der Waals surface area contributed by atoms with Crippen molar-refractivity contribution >= 4 is 46.6 Å². The summed E-state index contributed by atoms with van der Waals surface area (Å²) in [6, 6.07) is 20.6. The molecule has 0 bridgehead atoms. The maximum atomic E-state index is 13.4. The van der Waals surface area contributed by atoms with Gasteiger partial charge in [-0.25, -0.2) is 0 Å². The van der Waals surface area contributed by atoms with E-state index >= 15 is 0 Å². The van der Waals surface area contributed by atoms with E-state index in [2.05, 4.69) is 5.32 Å². The van der Waals surface area contributed by atoms with E-state index in [9.17, 15) is 9.59 Å². The lowest BCUT2D eigenvalue weighted by Crippen LogP contribution is -2.51. The molecule has 0 heterocycles. The van der Waals surface area contributed by atoms with Gasteiger partial charge in [0.15, 0.2) is 6.61 Å². The minimum Gasteiger partial charge on any atom is -0.484 e. The van der Waals surface area contributed by atoms with Crippen LogP contribution in [0.3, 0.4) is 0 Å². The van der Waals surface area contributed by atoms with Gasteiger partial charge in [0.1, 0.15) is 11.8 Å². The van der Waals surface area contributed by atoms with Crippen LogP contribution in [0.4, 0.5) is 0 Å². The van der Waals surface area contributed by atoms with Gasteiger partial charge in [0.25, 0.3) is 5.91 Å². The summed E-state index contributed by atoms with van der Waals surface area (Å²) in [6.07, 6.45) is 0.334. The van der Waals surface area contributed by atoms with E-state index in [1.165, 1.54) is 4.90 Å². The van der Waals surface area contributed by atoms with Crippen LogP contribution in [0.5, 0.6) is 5.75 Å². The van der Waals surface area contributed by atoms with Gasteiger partial charge in [0, 0.05) is 34.6 Å². The Kier molecular flexibility index (Phi) is 9.63. The van der Waals surface area contributed by atoms with E-state index in [-0.39, 0.29) is 25.0 Å². The highest BCUT2D eigenvalue weighted by molar-refractivity contribution is 6.35. The highest BCUT2D eigenvalue weighted by Gasteiger charge is 2.31. The molecule has 8 heteroatoms. The summed E-state index contributed by atoms with van der Waals surface area (Å²) in [5, 5.41) is 4.24. The van der Waals surface area contributed by atoms with Crippen LogP contribution in [0.15, 0.2) is 72.8 Å². The second-order valence-corrected chi connectivity index (χ2v) is 8.88. The van der Waals surface area contributed by atoms with Crippen molar-refractivity contribution < 1.29 is 14.3 Å². The van der Waals surface area contributed by atoms with Gasteiger partial charge in [0.2, 0.25) is 5.91 Å². The second kappa shape index (κ2) is 12.7. The number of carbonyl (C=O) groups is 2. The van der Waals surface area contributed by atoms with Crippen molar-refractivity contribution in [3.63, 3.8) is 0 Å². The van der Waals surface area contributed by atoms with Crippen LogP contribution < -0.4 is 10.1 Å². The average Bonchev–Trinajstić information content (AvgIpc) is 2.82. The third-order valence-electron chi connectivity index (χ3n) is 5.14. The Labute approximate surface area is 214 Å². The van der Waals surface area contributed by atoms with Crippen LogP contribution in [-0.4, -0.2) is 35.9 Å². The van der Waals surface area contributed by atoms with E-state index in [1.807, 2.05) is 37.3 Å². The van der Waals surface area contributed by atoms with E-state index in [1.54, 1.807) is 42.5 Å². The predicted octanol–water partition coefficient (Wildman–Crippen LogP) is 5.80. The van der Waals surface area contributed by atoms with Gasteiger partial charge in [-0.15, -0.1) is 0 Å². The fourth-order valence-electron chi connectivity index (χ4n) is 3.46. The molecule has 0 aliphatic rings. The zero-order valence-corrected chi connectivity index (χ0v) is 20.9. The summed E-state index contributed by atoms with van der Waals surface area (Å²) in [7, 11) is 0. The predicted molar refractivity (Wildman–Crippen MR) is 137 cm³/mol. The Morgan fingerprint density at radius 2 is 1.68 bits per heavy atom. The molecule has 0 aromatic heterocycles. The van der Waals surface area contributed by atoms with E-state index in [4.69, 9.17) is 39.5 Å². The molecule has 0 aliphatic heterocycles. The van der Waals surface area contributed by atoms with E-state index < -0.39 is 6.04 Å². The summed E-state index contributed by atoms with van der Waals surface area (Å²) in [5.41, 5.74) is 1.60. The van der Waals surface area contributed by atoms with Crippen LogP contribution in [0, 0.1) is 0 Å². The van der Waals surface area contributed by atoms with Crippen LogP contribution in [-0.2, 0) is 22.6 Å². The zero-order valence-electron chi connectivity index (χ0n) is 18.6. The number of ether oxygens (including phenoxy) is 1. The van der Waals surface area contributed by atoms with Crippen molar-refractivity contribution in [1.29, 1.82) is 0 Å². The molecule has 1 N–H and O–H groups in total. The first-order valence-corrected chi connectivity index (χ1v) is 11.9. The quantitative estimate of drug-likeness (QED) is 0.368. The number of likely N-dealkylation sites (N-methyl/N-ethyl adjacent to an activating group) is 1. The van der Waals surface area contributed by atoms with Crippen molar-refractivity contribution in [2.45, 2.75) is 25.9 Å². The molecule has 178 valence electrons. The number of nitrogens with zero attached hydrogens (tertiary/aromatic N) is 1. The molecule has 0 spiro atoms. The van der Waals surface area contributed by atoms with Gasteiger partial charge in [0.05, 0.1) is 0 Å². The Morgan fingerprint density at radius 1 is 0.941 bits per heavy atom. The first-order chi connectivity index (χ1) is 16.4. The van der Waals surface area contributed by atoms with Gasteiger partial charge in [-0.2, -0.15) is 0 Å².